The third-order valence-electron chi connectivity index (χ3n) is 1.62. The summed E-state index contributed by atoms with van der Waals surface area (Å²) in [6, 6.07) is 2.74. The maximum Gasteiger partial charge on any atom is 0.247 e. The van der Waals surface area contributed by atoms with Gasteiger partial charge in [0.1, 0.15) is 4.21 Å². The van der Waals surface area contributed by atoms with Gasteiger partial charge in [0, 0.05) is 0 Å². The second-order valence-electron chi connectivity index (χ2n) is 2.60. The Morgan fingerprint density at radius 1 is 1.36 bits per heavy atom. The summed E-state index contributed by atoms with van der Waals surface area (Å²) in [4.78, 5) is 11.3. The fourth-order valence-electron chi connectivity index (χ4n) is 0.999. The quantitative estimate of drug-likeness (QED) is 0.815. The molecule has 0 aliphatic carbocycles. The van der Waals surface area contributed by atoms with E-state index in [1.54, 1.807) is 5.38 Å². The first-order valence-electron chi connectivity index (χ1n) is 3.52. The lowest BCUT2D eigenvalue weighted by Crippen LogP contribution is -2.10. The number of sulfonamides is 1. The molecule has 0 radical (unpaired) electrons. The van der Waals surface area contributed by atoms with Crippen molar-refractivity contribution in [2.24, 2.45) is 5.14 Å². The van der Waals surface area contributed by atoms with E-state index in [4.69, 9.17) is 5.14 Å². The van der Waals surface area contributed by atoms with E-state index in [0.717, 1.165) is 11.3 Å². The van der Waals surface area contributed by atoms with E-state index in [1.807, 2.05) is 0 Å². The molecule has 0 aliphatic heterocycles. The summed E-state index contributed by atoms with van der Waals surface area (Å²) >= 11 is 2.35. The molecule has 0 amide bonds. The Hall–Kier alpha value is -0.760. The maximum atomic E-state index is 11.3. The molecule has 0 bridgehead atoms. The van der Waals surface area contributed by atoms with E-state index in [1.165, 1.54) is 23.5 Å². The van der Waals surface area contributed by atoms with Crippen LogP contribution >= 0.6 is 22.7 Å². The predicted molar refractivity (Wildman–Crippen MR) is 57.3 cm³/mol. The van der Waals surface area contributed by atoms with E-state index >= 15 is 0 Å². The Balaban J connectivity index is 2.88. The number of primary sulfonamides is 1. The Bertz CT molecular complexity index is 637. The Kier molecular flexibility index (Phi) is 2.18. The highest BCUT2D eigenvalue weighted by Crippen LogP contribution is 2.28. The summed E-state index contributed by atoms with van der Waals surface area (Å²) in [5.74, 6) is 0. The summed E-state index contributed by atoms with van der Waals surface area (Å²) in [6.07, 6.45) is 0. The topological polar surface area (TPSA) is 77.2 Å². The van der Waals surface area contributed by atoms with Crippen LogP contribution in [0, 0.1) is 0 Å². The first kappa shape index (κ1) is 9.78. The summed E-state index contributed by atoms with van der Waals surface area (Å²) in [6.45, 7) is 0. The molecule has 2 rings (SSSR count). The van der Waals surface area contributed by atoms with Crippen molar-refractivity contribution in [3.05, 3.63) is 27.7 Å². The maximum absolute atomic E-state index is 11.3. The van der Waals surface area contributed by atoms with Gasteiger partial charge in [-0.2, -0.15) is 0 Å². The minimum Gasteiger partial charge on any atom is -0.289 e. The Morgan fingerprint density at radius 3 is 2.64 bits per heavy atom. The summed E-state index contributed by atoms with van der Waals surface area (Å²) < 4.78 is 22.7. The third-order valence-corrected chi connectivity index (χ3v) is 5.21. The number of hydrogen-bond donors (Lipinski definition) is 1. The number of nitrogens with two attached hydrogens (primary N) is 1. The van der Waals surface area contributed by atoms with Crippen molar-refractivity contribution in [2.75, 3.05) is 0 Å². The smallest absolute Gasteiger partial charge is 0.247 e. The normalized spacial score (nSPS) is 12.1. The molecular formula is C7H5NO3S3. The van der Waals surface area contributed by atoms with Crippen LogP contribution < -0.4 is 10.6 Å². The summed E-state index contributed by atoms with van der Waals surface area (Å²) in [5.41, 5.74) is -0.176. The van der Waals surface area contributed by atoms with Crippen LogP contribution in [0.15, 0.2) is 26.5 Å². The van der Waals surface area contributed by atoms with Crippen molar-refractivity contribution in [1.29, 1.82) is 0 Å². The SMILES string of the molecule is NS(=O)(=O)c1cc2c(=O)ccsc2s1. The van der Waals surface area contributed by atoms with Crippen molar-refractivity contribution in [3.63, 3.8) is 0 Å². The molecule has 0 aliphatic rings. The Labute approximate surface area is 87.7 Å². The lowest BCUT2D eigenvalue weighted by molar-refractivity contribution is 0.600. The van der Waals surface area contributed by atoms with Gasteiger partial charge in [0.25, 0.3) is 0 Å². The van der Waals surface area contributed by atoms with Gasteiger partial charge in [0.15, 0.2) is 5.43 Å². The number of fused-ring (bicyclic) bond motifs is 1. The van der Waals surface area contributed by atoms with Gasteiger partial charge in [-0.25, -0.2) is 13.6 Å². The van der Waals surface area contributed by atoms with Crippen molar-refractivity contribution in [2.45, 2.75) is 4.21 Å². The standard InChI is InChI=1S/C7H5NO3S3/c8-14(10,11)6-3-4-5(9)1-2-12-7(4)13-6/h1-3H,(H2,8,10,11). The van der Waals surface area contributed by atoms with Gasteiger partial charge in [-0.1, -0.05) is 0 Å². The first-order chi connectivity index (χ1) is 6.48. The van der Waals surface area contributed by atoms with Gasteiger partial charge in [0.2, 0.25) is 10.0 Å². The molecule has 0 fully saturated rings. The van der Waals surface area contributed by atoms with Crippen molar-refractivity contribution in [1.82, 2.24) is 0 Å². The zero-order chi connectivity index (χ0) is 10.3. The van der Waals surface area contributed by atoms with Gasteiger partial charge < -0.3 is 0 Å². The number of hydrogen-bond acceptors (Lipinski definition) is 5. The highest BCUT2D eigenvalue weighted by molar-refractivity contribution is 7.91. The van der Waals surface area contributed by atoms with Crippen LogP contribution in [0.1, 0.15) is 0 Å². The minimum absolute atomic E-state index is 0.0343. The van der Waals surface area contributed by atoms with Crippen LogP contribution in [0.25, 0.3) is 9.40 Å². The van der Waals surface area contributed by atoms with Gasteiger partial charge in [-0.05, 0) is 17.5 Å². The van der Waals surface area contributed by atoms with Crippen LogP contribution in [0.5, 0.6) is 0 Å². The fraction of sp³-hybridized carbons (Fsp3) is 0. The molecule has 2 N–H and O–H groups in total. The van der Waals surface area contributed by atoms with Crippen molar-refractivity contribution < 1.29 is 8.42 Å². The van der Waals surface area contributed by atoms with E-state index in [9.17, 15) is 13.2 Å². The van der Waals surface area contributed by atoms with E-state index < -0.39 is 10.0 Å². The molecule has 0 saturated heterocycles. The van der Waals surface area contributed by atoms with Crippen LogP contribution in [-0.2, 0) is 10.0 Å². The largest absolute Gasteiger partial charge is 0.289 e. The zero-order valence-corrected chi connectivity index (χ0v) is 9.21. The lowest BCUT2D eigenvalue weighted by atomic mass is 10.4. The molecule has 0 atom stereocenters. The molecule has 74 valence electrons. The first-order valence-corrected chi connectivity index (χ1v) is 6.77. The Morgan fingerprint density at radius 2 is 2.07 bits per heavy atom. The molecule has 14 heavy (non-hydrogen) atoms. The van der Waals surface area contributed by atoms with Crippen LogP contribution in [0.4, 0.5) is 0 Å². The number of thiophene rings is 1. The van der Waals surface area contributed by atoms with E-state index in [2.05, 4.69) is 0 Å². The molecule has 0 saturated carbocycles. The molecule has 0 aromatic carbocycles. The third kappa shape index (κ3) is 1.59. The average molecular weight is 247 g/mol. The van der Waals surface area contributed by atoms with Crippen LogP contribution in [0.2, 0.25) is 0 Å². The van der Waals surface area contributed by atoms with Crippen molar-refractivity contribution in [3.8, 4) is 0 Å². The predicted octanol–water partition coefficient (Wildman–Crippen LogP) is 0.970. The van der Waals surface area contributed by atoms with Crippen LogP contribution in [-0.4, -0.2) is 8.42 Å². The molecule has 2 aromatic heterocycles. The molecule has 0 unspecified atom stereocenters. The molecule has 0 spiro atoms. The molecule has 2 heterocycles. The van der Waals surface area contributed by atoms with Gasteiger partial charge in [0.05, 0.1) is 9.40 Å². The number of rotatable bonds is 1. The van der Waals surface area contributed by atoms with E-state index in [-0.39, 0.29) is 9.64 Å². The molecule has 4 nitrogen and oxygen atoms in total. The molecule has 7 heteroatoms. The zero-order valence-electron chi connectivity index (χ0n) is 6.76. The lowest BCUT2D eigenvalue weighted by Gasteiger charge is -1.86. The minimum atomic E-state index is -3.70. The highest BCUT2D eigenvalue weighted by Gasteiger charge is 2.13. The fourth-order valence-corrected chi connectivity index (χ4v) is 4.01. The monoisotopic (exact) mass is 247 g/mol. The van der Waals surface area contributed by atoms with Crippen LogP contribution in [0.3, 0.4) is 0 Å². The van der Waals surface area contributed by atoms with E-state index in [0.29, 0.717) is 9.40 Å². The second-order valence-corrected chi connectivity index (χ2v) is 6.61. The molecule has 2 aromatic rings. The molecular weight excluding hydrogens is 242 g/mol. The van der Waals surface area contributed by atoms with Gasteiger partial charge >= 0.3 is 0 Å². The average Bonchev–Trinajstić information content (AvgIpc) is 2.48. The van der Waals surface area contributed by atoms with Crippen molar-refractivity contribution >= 4 is 42.1 Å². The summed E-state index contributed by atoms with van der Waals surface area (Å²) in [7, 11) is -3.70. The highest BCUT2D eigenvalue weighted by atomic mass is 32.2. The van der Waals surface area contributed by atoms with Gasteiger partial charge in [-0.3, -0.25) is 4.79 Å². The van der Waals surface area contributed by atoms with Gasteiger partial charge in [-0.15, -0.1) is 22.7 Å². The summed E-state index contributed by atoms with van der Waals surface area (Å²) in [5, 5.41) is 7.01. The second kappa shape index (κ2) is 3.13.